The minimum atomic E-state index is -0.224. The Morgan fingerprint density at radius 2 is 1.96 bits per heavy atom. The van der Waals surface area contributed by atoms with Crippen LogP contribution < -0.4 is 5.73 Å². The zero-order valence-electron chi connectivity index (χ0n) is 13.6. The van der Waals surface area contributed by atoms with Crippen molar-refractivity contribution in [1.29, 1.82) is 0 Å². The largest absolute Gasteiger partial charge is 0.343 e. The van der Waals surface area contributed by atoms with Crippen LogP contribution in [0.5, 0.6) is 0 Å². The van der Waals surface area contributed by atoms with Gasteiger partial charge in [0.25, 0.3) is 0 Å². The molecule has 1 unspecified atom stereocenters. The van der Waals surface area contributed by atoms with Gasteiger partial charge in [0.05, 0.1) is 0 Å². The van der Waals surface area contributed by atoms with Crippen molar-refractivity contribution in [3.63, 3.8) is 0 Å². The summed E-state index contributed by atoms with van der Waals surface area (Å²) >= 11 is 0. The summed E-state index contributed by atoms with van der Waals surface area (Å²) in [5.74, 6) is 0.652. The first-order valence-corrected chi connectivity index (χ1v) is 8.21. The van der Waals surface area contributed by atoms with Crippen molar-refractivity contribution < 1.29 is 4.79 Å². The highest BCUT2D eigenvalue weighted by Crippen LogP contribution is 2.28. The number of carbonyl (C=O) groups excluding carboxylic acids is 1. The van der Waals surface area contributed by atoms with Gasteiger partial charge in [-0.15, -0.1) is 0 Å². The van der Waals surface area contributed by atoms with Gasteiger partial charge in [0, 0.05) is 50.4 Å². The van der Waals surface area contributed by atoms with Crippen LogP contribution in [0.4, 0.5) is 0 Å². The molecule has 2 N–H and O–H groups in total. The molecule has 0 saturated carbocycles. The molecular weight excluding hydrogens is 288 g/mol. The molecule has 0 bridgehead atoms. The van der Waals surface area contributed by atoms with Gasteiger partial charge < -0.3 is 10.6 Å². The maximum Gasteiger partial charge on any atom is 0.224 e. The van der Waals surface area contributed by atoms with Crippen molar-refractivity contribution in [2.45, 2.75) is 31.2 Å². The maximum absolute atomic E-state index is 12.5. The number of hydrogen-bond donors (Lipinski definition) is 1. The van der Waals surface area contributed by atoms with Crippen molar-refractivity contribution in [3.8, 4) is 0 Å². The summed E-state index contributed by atoms with van der Waals surface area (Å²) in [7, 11) is 1.98. The third-order valence-corrected chi connectivity index (χ3v) is 4.75. The molecule has 5 nitrogen and oxygen atoms in total. The van der Waals surface area contributed by atoms with E-state index in [1.807, 2.05) is 53.2 Å². The Bertz CT molecular complexity index is 644. The average Bonchev–Trinajstić information content (AvgIpc) is 3.02. The van der Waals surface area contributed by atoms with Gasteiger partial charge in [-0.3, -0.25) is 9.48 Å². The number of aromatic nitrogens is 2. The predicted octanol–water partition coefficient (Wildman–Crippen LogP) is 2.22. The van der Waals surface area contributed by atoms with E-state index < -0.39 is 0 Å². The molecule has 0 aliphatic carbocycles. The van der Waals surface area contributed by atoms with Crippen LogP contribution >= 0.6 is 0 Å². The molecule has 1 aliphatic heterocycles. The van der Waals surface area contributed by atoms with E-state index in [0.29, 0.717) is 12.3 Å². The molecule has 1 aromatic carbocycles. The minimum Gasteiger partial charge on any atom is -0.343 e. The number of rotatable bonds is 4. The fraction of sp³-hybridized carbons (Fsp3) is 0.444. The molecule has 1 aliphatic rings. The number of nitrogens with zero attached hydrogens (tertiary/aromatic N) is 3. The average molecular weight is 312 g/mol. The highest BCUT2D eigenvalue weighted by molar-refractivity contribution is 5.77. The lowest BCUT2D eigenvalue weighted by molar-refractivity contribution is -0.132. The number of aryl methyl sites for hydroxylation is 1. The van der Waals surface area contributed by atoms with Gasteiger partial charge in [0.2, 0.25) is 5.91 Å². The summed E-state index contributed by atoms with van der Waals surface area (Å²) in [4.78, 5) is 14.4. The molecule has 2 aromatic rings. The monoisotopic (exact) mass is 312 g/mol. The molecule has 1 fully saturated rings. The number of carbonyl (C=O) groups is 1. The van der Waals surface area contributed by atoms with Crippen molar-refractivity contribution in [3.05, 3.63) is 53.9 Å². The second kappa shape index (κ2) is 6.96. The Morgan fingerprint density at radius 3 is 2.57 bits per heavy atom. The van der Waals surface area contributed by atoms with Gasteiger partial charge in [-0.1, -0.05) is 30.3 Å². The molecular formula is C18H24N4O. The minimum absolute atomic E-state index is 0.157. The Balaban J connectivity index is 1.53. The summed E-state index contributed by atoms with van der Waals surface area (Å²) in [6, 6.07) is 11.7. The molecule has 5 heteroatoms. The van der Waals surface area contributed by atoms with Gasteiger partial charge in [0.1, 0.15) is 0 Å². The summed E-state index contributed by atoms with van der Waals surface area (Å²) in [5, 5.41) is 4.24. The highest BCUT2D eigenvalue weighted by Gasteiger charge is 2.26. The molecule has 0 radical (unpaired) electrons. The van der Waals surface area contributed by atoms with E-state index in [4.69, 9.17) is 5.73 Å². The van der Waals surface area contributed by atoms with Crippen LogP contribution in [0.25, 0.3) is 0 Å². The lowest BCUT2D eigenvalue weighted by atomic mass is 9.93. The SMILES string of the molecule is Cn1nccc1C1CCN(C(=O)CC(N)c2ccccc2)CC1. The zero-order valence-corrected chi connectivity index (χ0v) is 13.6. The van der Waals surface area contributed by atoms with E-state index in [-0.39, 0.29) is 11.9 Å². The molecule has 1 amide bonds. The van der Waals surface area contributed by atoms with Crippen LogP contribution in [0.1, 0.15) is 42.5 Å². The summed E-state index contributed by atoms with van der Waals surface area (Å²) in [6.45, 7) is 1.60. The molecule has 23 heavy (non-hydrogen) atoms. The van der Waals surface area contributed by atoms with E-state index in [1.54, 1.807) is 0 Å². The van der Waals surface area contributed by atoms with E-state index in [0.717, 1.165) is 31.5 Å². The smallest absolute Gasteiger partial charge is 0.224 e. The Hall–Kier alpha value is -2.14. The molecule has 122 valence electrons. The van der Waals surface area contributed by atoms with E-state index >= 15 is 0 Å². The van der Waals surface area contributed by atoms with Crippen molar-refractivity contribution in [1.82, 2.24) is 14.7 Å². The first-order chi connectivity index (χ1) is 11.1. The van der Waals surface area contributed by atoms with Gasteiger partial charge in [-0.05, 0) is 24.5 Å². The van der Waals surface area contributed by atoms with E-state index in [2.05, 4.69) is 11.2 Å². The highest BCUT2D eigenvalue weighted by atomic mass is 16.2. The number of hydrogen-bond acceptors (Lipinski definition) is 3. The van der Waals surface area contributed by atoms with E-state index in [1.165, 1.54) is 5.69 Å². The van der Waals surface area contributed by atoms with Crippen LogP contribution in [-0.4, -0.2) is 33.7 Å². The van der Waals surface area contributed by atoms with E-state index in [9.17, 15) is 4.79 Å². The lowest BCUT2D eigenvalue weighted by Crippen LogP contribution is -2.39. The maximum atomic E-state index is 12.5. The van der Waals surface area contributed by atoms with Crippen molar-refractivity contribution in [2.24, 2.45) is 12.8 Å². The quantitative estimate of drug-likeness (QED) is 0.941. The number of likely N-dealkylation sites (tertiary alicyclic amines) is 1. The number of piperidine rings is 1. The molecule has 3 rings (SSSR count). The lowest BCUT2D eigenvalue weighted by Gasteiger charge is -2.32. The topological polar surface area (TPSA) is 64.2 Å². The fourth-order valence-electron chi connectivity index (χ4n) is 3.34. The summed E-state index contributed by atoms with van der Waals surface area (Å²) in [6.07, 6.45) is 4.20. The molecule has 1 atom stereocenters. The standard InChI is InChI=1S/C18H24N4O/c1-21-17(7-10-20-21)15-8-11-22(12-9-15)18(23)13-16(19)14-5-3-2-4-6-14/h2-7,10,15-16H,8-9,11-13,19H2,1H3. The molecule has 2 heterocycles. The van der Waals surface area contributed by atoms with Crippen LogP contribution in [0.3, 0.4) is 0 Å². The second-order valence-corrected chi connectivity index (χ2v) is 6.26. The first-order valence-electron chi connectivity index (χ1n) is 8.21. The predicted molar refractivity (Wildman–Crippen MR) is 89.8 cm³/mol. The Kier molecular flexibility index (Phi) is 4.76. The van der Waals surface area contributed by atoms with Gasteiger partial charge in [-0.2, -0.15) is 5.10 Å². The third kappa shape index (κ3) is 3.62. The molecule has 1 aromatic heterocycles. The van der Waals surface area contributed by atoms with Crippen LogP contribution in [0, 0.1) is 0 Å². The second-order valence-electron chi connectivity index (χ2n) is 6.26. The van der Waals surface area contributed by atoms with Gasteiger partial charge >= 0.3 is 0 Å². The fourth-order valence-corrected chi connectivity index (χ4v) is 3.34. The van der Waals surface area contributed by atoms with Gasteiger partial charge in [-0.25, -0.2) is 0 Å². The number of benzene rings is 1. The third-order valence-electron chi connectivity index (χ3n) is 4.75. The van der Waals surface area contributed by atoms with Crippen LogP contribution in [-0.2, 0) is 11.8 Å². The normalized spacial score (nSPS) is 17.2. The first kappa shape index (κ1) is 15.7. The Labute approximate surface area is 137 Å². The number of amides is 1. The van der Waals surface area contributed by atoms with Crippen molar-refractivity contribution >= 4 is 5.91 Å². The van der Waals surface area contributed by atoms with Crippen molar-refractivity contribution in [2.75, 3.05) is 13.1 Å². The summed E-state index contributed by atoms with van der Waals surface area (Å²) < 4.78 is 1.94. The van der Waals surface area contributed by atoms with Gasteiger partial charge in [0.15, 0.2) is 0 Å². The zero-order chi connectivity index (χ0) is 16.2. The molecule has 1 saturated heterocycles. The molecule has 0 spiro atoms. The Morgan fingerprint density at radius 1 is 1.26 bits per heavy atom. The van der Waals surface area contributed by atoms with Crippen LogP contribution in [0.2, 0.25) is 0 Å². The number of nitrogens with two attached hydrogens (primary N) is 1. The van der Waals surface area contributed by atoms with Crippen LogP contribution in [0.15, 0.2) is 42.6 Å². The summed E-state index contributed by atoms with van der Waals surface area (Å²) in [5.41, 5.74) is 8.45.